The quantitative estimate of drug-likeness (QED) is 0.808. The lowest BCUT2D eigenvalue weighted by Crippen LogP contribution is -2.46. The third kappa shape index (κ3) is 4.60. The molecule has 0 bridgehead atoms. The summed E-state index contributed by atoms with van der Waals surface area (Å²) in [6.45, 7) is 8.23. The molecule has 1 fully saturated rings. The summed E-state index contributed by atoms with van der Waals surface area (Å²) in [6, 6.07) is 12.2. The van der Waals surface area contributed by atoms with E-state index < -0.39 is 0 Å². The van der Waals surface area contributed by atoms with Gasteiger partial charge in [-0.1, -0.05) is 57.0 Å². The topological polar surface area (TPSA) is 15.3 Å². The van der Waals surface area contributed by atoms with Gasteiger partial charge in [0.1, 0.15) is 0 Å². The van der Waals surface area contributed by atoms with Crippen molar-refractivity contribution in [3.8, 4) is 0 Å². The van der Waals surface area contributed by atoms with Gasteiger partial charge in [0.2, 0.25) is 0 Å². The molecule has 0 amide bonds. The number of piperidine rings is 1. The molecule has 2 rings (SSSR count). The highest BCUT2D eigenvalue weighted by molar-refractivity contribution is 5.19. The zero-order chi connectivity index (χ0) is 14.2. The van der Waals surface area contributed by atoms with E-state index in [1.54, 1.807) is 0 Å². The molecule has 1 aromatic carbocycles. The van der Waals surface area contributed by atoms with E-state index in [0.717, 1.165) is 0 Å². The average molecular weight is 274 g/mol. The number of likely N-dealkylation sites (tertiary alicyclic amines) is 1. The SMILES string of the molecule is CCCCC(NC1CCCN(CC)C1)c1ccccc1. The largest absolute Gasteiger partial charge is 0.306 e. The molecule has 2 nitrogen and oxygen atoms in total. The van der Waals surface area contributed by atoms with Gasteiger partial charge in [0.05, 0.1) is 0 Å². The van der Waals surface area contributed by atoms with Crippen LogP contribution in [0.2, 0.25) is 0 Å². The van der Waals surface area contributed by atoms with Crippen LogP contribution in [-0.4, -0.2) is 30.6 Å². The first-order valence-corrected chi connectivity index (χ1v) is 8.36. The summed E-state index contributed by atoms with van der Waals surface area (Å²) in [5.74, 6) is 0. The van der Waals surface area contributed by atoms with Gasteiger partial charge in [0.15, 0.2) is 0 Å². The van der Waals surface area contributed by atoms with Crippen LogP contribution in [0, 0.1) is 0 Å². The molecule has 1 saturated heterocycles. The third-order valence-corrected chi connectivity index (χ3v) is 4.44. The summed E-state index contributed by atoms with van der Waals surface area (Å²) in [6.07, 6.45) is 6.49. The van der Waals surface area contributed by atoms with Gasteiger partial charge in [-0.05, 0) is 37.9 Å². The minimum Gasteiger partial charge on any atom is -0.306 e. The zero-order valence-electron chi connectivity index (χ0n) is 13.1. The highest BCUT2D eigenvalue weighted by Crippen LogP contribution is 2.22. The molecule has 1 aromatic rings. The number of likely N-dealkylation sites (N-methyl/N-ethyl adjacent to an activating group) is 1. The maximum Gasteiger partial charge on any atom is 0.0323 e. The van der Waals surface area contributed by atoms with Crippen molar-refractivity contribution in [2.75, 3.05) is 19.6 Å². The monoisotopic (exact) mass is 274 g/mol. The number of hydrogen-bond donors (Lipinski definition) is 1. The van der Waals surface area contributed by atoms with Gasteiger partial charge >= 0.3 is 0 Å². The Kier molecular flexibility index (Phi) is 6.55. The maximum absolute atomic E-state index is 3.93. The van der Waals surface area contributed by atoms with Gasteiger partial charge in [0.25, 0.3) is 0 Å². The van der Waals surface area contributed by atoms with E-state index in [9.17, 15) is 0 Å². The van der Waals surface area contributed by atoms with E-state index >= 15 is 0 Å². The van der Waals surface area contributed by atoms with Crippen molar-refractivity contribution in [3.05, 3.63) is 35.9 Å². The predicted octanol–water partition coefficient (Wildman–Crippen LogP) is 3.99. The van der Waals surface area contributed by atoms with Crippen molar-refractivity contribution in [1.29, 1.82) is 0 Å². The molecule has 2 unspecified atom stereocenters. The molecule has 2 atom stereocenters. The highest BCUT2D eigenvalue weighted by Gasteiger charge is 2.21. The van der Waals surface area contributed by atoms with Crippen molar-refractivity contribution < 1.29 is 0 Å². The first-order chi connectivity index (χ1) is 9.83. The summed E-state index contributed by atoms with van der Waals surface area (Å²) in [7, 11) is 0. The Hall–Kier alpha value is -0.860. The Morgan fingerprint density at radius 1 is 1.25 bits per heavy atom. The van der Waals surface area contributed by atoms with Crippen LogP contribution in [0.3, 0.4) is 0 Å². The van der Waals surface area contributed by atoms with E-state index in [1.807, 2.05) is 0 Å². The van der Waals surface area contributed by atoms with Crippen LogP contribution in [0.15, 0.2) is 30.3 Å². The normalized spacial score (nSPS) is 21.8. The molecular weight excluding hydrogens is 244 g/mol. The summed E-state index contributed by atoms with van der Waals surface area (Å²) in [5, 5.41) is 3.93. The van der Waals surface area contributed by atoms with Crippen molar-refractivity contribution in [3.63, 3.8) is 0 Å². The maximum atomic E-state index is 3.93. The van der Waals surface area contributed by atoms with Gasteiger partial charge in [-0.15, -0.1) is 0 Å². The van der Waals surface area contributed by atoms with E-state index in [2.05, 4.69) is 54.4 Å². The molecule has 2 heteroatoms. The molecule has 0 radical (unpaired) electrons. The van der Waals surface area contributed by atoms with Gasteiger partial charge < -0.3 is 10.2 Å². The third-order valence-electron chi connectivity index (χ3n) is 4.44. The first kappa shape index (κ1) is 15.5. The molecule has 1 aliphatic heterocycles. The Morgan fingerprint density at radius 3 is 2.75 bits per heavy atom. The Morgan fingerprint density at radius 2 is 2.05 bits per heavy atom. The molecular formula is C18H30N2. The number of rotatable bonds is 7. The van der Waals surface area contributed by atoms with Gasteiger partial charge in [-0.3, -0.25) is 0 Å². The van der Waals surface area contributed by atoms with Crippen LogP contribution in [0.1, 0.15) is 57.6 Å². The number of benzene rings is 1. The van der Waals surface area contributed by atoms with Crippen molar-refractivity contribution in [1.82, 2.24) is 10.2 Å². The lowest BCUT2D eigenvalue weighted by molar-refractivity contribution is 0.188. The summed E-state index contributed by atoms with van der Waals surface area (Å²) < 4.78 is 0. The van der Waals surface area contributed by atoms with Crippen molar-refractivity contribution >= 4 is 0 Å². The minimum absolute atomic E-state index is 0.526. The van der Waals surface area contributed by atoms with Crippen LogP contribution in [0.25, 0.3) is 0 Å². The van der Waals surface area contributed by atoms with Crippen LogP contribution in [-0.2, 0) is 0 Å². The molecule has 0 aliphatic carbocycles. The fourth-order valence-corrected chi connectivity index (χ4v) is 3.20. The van der Waals surface area contributed by atoms with E-state index in [4.69, 9.17) is 0 Å². The number of unbranched alkanes of at least 4 members (excludes halogenated alkanes) is 1. The second-order valence-corrected chi connectivity index (χ2v) is 6.00. The lowest BCUT2D eigenvalue weighted by Gasteiger charge is -2.35. The number of hydrogen-bond acceptors (Lipinski definition) is 2. The van der Waals surface area contributed by atoms with E-state index in [-0.39, 0.29) is 0 Å². The lowest BCUT2D eigenvalue weighted by atomic mass is 9.98. The molecule has 0 saturated carbocycles. The van der Waals surface area contributed by atoms with E-state index in [0.29, 0.717) is 12.1 Å². The van der Waals surface area contributed by atoms with Crippen molar-refractivity contribution in [2.24, 2.45) is 0 Å². The molecule has 1 aliphatic rings. The Balaban J connectivity index is 1.96. The fourth-order valence-electron chi connectivity index (χ4n) is 3.20. The first-order valence-electron chi connectivity index (χ1n) is 8.36. The molecule has 0 spiro atoms. The number of nitrogens with zero attached hydrogens (tertiary/aromatic N) is 1. The van der Waals surface area contributed by atoms with Crippen LogP contribution in [0.5, 0.6) is 0 Å². The van der Waals surface area contributed by atoms with Crippen LogP contribution in [0.4, 0.5) is 0 Å². The van der Waals surface area contributed by atoms with Crippen LogP contribution >= 0.6 is 0 Å². The van der Waals surface area contributed by atoms with Gasteiger partial charge in [0, 0.05) is 18.6 Å². The fraction of sp³-hybridized carbons (Fsp3) is 0.667. The van der Waals surface area contributed by atoms with Gasteiger partial charge in [-0.25, -0.2) is 0 Å². The second-order valence-electron chi connectivity index (χ2n) is 6.00. The molecule has 112 valence electrons. The van der Waals surface area contributed by atoms with Crippen molar-refractivity contribution in [2.45, 2.75) is 58.0 Å². The summed E-state index contributed by atoms with van der Waals surface area (Å²) >= 11 is 0. The average Bonchev–Trinajstić information content (AvgIpc) is 2.52. The summed E-state index contributed by atoms with van der Waals surface area (Å²) in [4.78, 5) is 2.57. The molecule has 1 heterocycles. The molecule has 1 N–H and O–H groups in total. The smallest absolute Gasteiger partial charge is 0.0323 e. The molecule has 20 heavy (non-hydrogen) atoms. The zero-order valence-corrected chi connectivity index (χ0v) is 13.1. The molecule has 0 aromatic heterocycles. The Labute approximate surface area is 124 Å². The van der Waals surface area contributed by atoms with E-state index in [1.165, 1.54) is 57.3 Å². The number of nitrogens with one attached hydrogen (secondary N) is 1. The standard InChI is InChI=1S/C18H30N2/c1-3-5-13-18(16-10-7-6-8-11-16)19-17-12-9-14-20(4-2)15-17/h6-8,10-11,17-19H,3-5,9,12-15H2,1-2H3. The minimum atomic E-state index is 0.526. The predicted molar refractivity (Wildman–Crippen MR) is 87.0 cm³/mol. The van der Waals surface area contributed by atoms with Crippen LogP contribution < -0.4 is 5.32 Å². The van der Waals surface area contributed by atoms with Gasteiger partial charge in [-0.2, -0.15) is 0 Å². The summed E-state index contributed by atoms with van der Waals surface area (Å²) in [5.41, 5.74) is 1.45. The highest BCUT2D eigenvalue weighted by atomic mass is 15.2. The Bertz CT molecular complexity index is 363. The second kappa shape index (κ2) is 8.43.